The van der Waals surface area contributed by atoms with Gasteiger partial charge in [-0.1, -0.05) is 6.92 Å². The Morgan fingerprint density at radius 2 is 2.00 bits per heavy atom. The van der Waals surface area contributed by atoms with Gasteiger partial charge in [-0.2, -0.15) is 0 Å². The number of halogens is 2. The molecule has 0 bridgehead atoms. The minimum atomic E-state index is -0.110. The first-order chi connectivity index (χ1) is 11.1. The first kappa shape index (κ1) is 23.6. The number of carbonyl (C=O) groups is 2. The maximum absolute atomic E-state index is 12.0. The van der Waals surface area contributed by atoms with Gasteiger partial charge in [-0.05, 0) is 49.9 Å². The number of nitrogens with one attached hydrogen (secondary N) is 3. The number of nitrogens with zero attached hydrogens (tertiary/aromatic N) is 1. The Balaban J connectivity index is 0.00000288. The molecule has 0 radical (unpaired) electrons. The van der Waals surface area contributed by atoms with E-state index >= 15 is 0 Å². The van der Waals surface area contributed by atoms with Gasteiger partial charge in [0.15, 0.2) is 0 Å². The third-order valence-electron chi connectivity index (χ3n) is 4.29. The highest BCUT2D eigenvalue weighted by atomic mass is 35.5. The Kier molecular flexibility index (Phi) is 12.2. The smallest absolute Gasteiger partial charge is 0.226 e. The van der Waals surface area contributed by atoms with Crippen LogP contribution in [0.4, 0.5) is 5.69 Å². The van der Waals surface area contributed by atoms with Crippen LogP contribution in [0.3, 0.4) is 0 Å². The van der Waals surface area contributed by atoms with Gasteiger partial charge in [-0.25, -0.2) is 0 Å². The summed E-state index contributed by atoms with van der Waals surface area (Å²) in [5.41, 5.74) is 0.717. The Hall–Kier alpha value is -1.37. The third kappa shape index (κ3) is 9.05. The topological polar surface area (TPSA) is 83.1 Å². The van der Waals surface area contributed by atoms with Gasteiger partial charge in [-0.3, -0.25) is 14.6 Å². The lowest BCUT2D eigenvalue weighted by Gasteiger charge is -2.28. The van der Waals surface area contributed by atoms with Crippen LogP contribution < -0.4 is 16.0 Å². The molecule has 0 spiro atoms. The van der Waals surface area contributed by atoms with Crippen molar-refractivity contribution >= 4 is 42.3 Å². The standard InChI is InChI=1S/C17H26N4O2.2ClH/c1-13(14-3-2-7-19-12-14)11-17(23)20-10-6-16(22)21-15-4-8-18-9-5-15;;/h4-5,8-9,13-14,19H,2-3,6-7,10-12H2,1H3,(H,20,23)(H,18,21,22);2*1H. The van der Waals surface area contributed by atoms with Crippen LogP contribution in [-0.2, 0) is 9.59 Å². The molecule has 2 unspecified atom stereocenters. The van der Waals surface area contributed by atoms with E-state index in [2.05, 4.69) is 27.9 Å². The maximum atomic E-state index is 12.0. The van der Waals surface area contributed by atoms with Crippen molar-refractivity contribution in [2.75, 3.05) is 25.0 Å². The fourth-order valence-electron chi connectivity index (χ4n) is 2.87. The highest BCUT2D eigenvalue weighted by Crippen LogP contribution is 2.22. The summed E-state index contributed by atoms with van der Waals surface area (Å²) >= 11 is 0. The first-order valence-corrected chi connectivity index (χ1v) is 8.32. The van der Waals surface area contributed by atoms with E-state index in [1.165, 1.54) is 12.8 Å². The lowest BCUT2D eigenvalue weighted by Crippen LogP contribution is -2.36. The second kappa shape index (κ2) is 12.9. The number of amides is 2. The molecule has 1 aromatic rings. The summed E-state index contributed by atoms with van der Waals surface area (Å²) in [4.78, 5) is 27.6. The molecule has 2 heterocycles. The summed E-state index contributed by atoms with van der Waals surface area (Å²) in [5, 5.41) is 8.99. The van der Waals surface area contributed by atoms with Crippen molar-refractivity contribution in [1.82, 2.24) is 15.6 Å². The van der Waals surface area contributed by atoms with E-state index in [0.717, 1.165) is 18.8 Å². The molecular weight excluding hydrogens is 363 g/mol. The summed E-state index contributed by atoms with van der Waals surface area (Å²) < 4.78 is 0. The molecular formula is C17H28Cl2N4O2. The Morgan fingerprint density at radius 1 is 1.28 bits per heavy atom. The highest BCUT2D eigenvalue weighted by Gasteiger charge is 2.21. The van der Waals surface area contributed by atoms with E-state index in [0.29, 0.717) is 24.8 Å². The van der Waals surface area contributed by atoms with Crippen molar-refractivity contribution in [1.29, 1.82) is 0 Å². The molecule has 8 heteroatoms. The van der Waals surface area contributed by atoms with Gasteiger partial charge in [0.05, 0.1) is 0 Å². The average molecular weight is 391 g/mol. The normalized spacial score (nSPS) is 17.4. The lowest BCUT2D eigenvalue weighted by atomic mass is 9.85. The molecule has 1 saturated heterocycles. The zero-order valence-corrected chi connectivity index (χ0v) is 16.1. The Bertz CT molecular complexity index is 511. The summed E-state index contributed by atoms with van der Waals surface area (Å²) in [5.74, 6) is 0.860. The molecule has 1 fully saturated rings. The van der Waals surface area contributed by atoms with Gasteiger partial charge in [0.1, 0.15) is 0 Å². The second-order valence-electron chi connectivity index (χ2n) is 6.17. The van der Waals surface area contributed by atoms with E-state index in [1.54, 1.807) is 24.5 Å². The number of anilines is 1. The number of piperidine rings is 1. The molecule has 0 aliphatic carbocycles. The van der Waals surface area contributed by atoms with Crippen LogP contribution in [0.1, 0.15) is 32.6 Å². The van der Waals surface area contributed by atoms with Gasteiger partial charge < -0.3 is 16.0 Å². The highest BCUT2D eigenvalue weighted by molar-refractivity contribution is 5.91. The third-order valence-corrected chi connectivity index (χ3v) is 4.29. The molecule has 2 rings (SSSR count). The predicted octanol–water partition coefficient (Wildman–Crippen LogP) is 2.40. The molecule has 1 aromatic heterocycles. The number of hydrogen-bond donors (Lipinski definition) is 3. The van der Waals surface area contributed by atoms with Crippen molar-refractivity contribution in [2.45, 2.75) is 32.6 Å². The van der Waals surface area contributed by atoms with Gasteiger partial charge in [0.25, 0.3) is 0 Å². The quantitative estimate of drug-likeness (QED) is 0.667. The summed E-state index contributed by atoms with van der Waals surface area (Å²) in [6.45, 7) is 4.59. The number of rotatable bonds is 7. The monoisotopic (exact) mass is 390 g/mol. The Labute approximate surface area is 161 Å². The zero-order chi connectivity index (χ0) is 16.5. The van der Waals surface area contributed by atoms with Crippen LogP contribution in [0.15, 0.2) is 24.5 Å². The van der Waals surface area contributed by atoms with Crippen LogP contribution in [0.5, 0.6) is 0 Å². The summed E-state index contributed by atoms with van der Waals surface area (Å²) in [6, 6.07) is 3.47. The van der Waals surface area contributed by atoms with Gasteiger partial charge in [0.2, 0.25) is 11.8 Å². The molecule has 2 amide bonds. The molecule has 1 aliphatic rings. The molecule has 6 nitrogen and oxygen atoms in total. The lowest BCUT2D eigenvalue weighted by molar-refractivity contribution is -0.122. The minimum absolute atomic E-state index is 0. The molecule has 2 atom stereocenters. The van der Waals surface area contributed by atoms with E-state index in [9.17, 15) is 9.59 Å². The van der Waals surface area contributed by atoms with Crippen molar-refractivity contribution in [3.05, 3.63) is 24.5 Å². The molecule has 25 heavy (non-hydrogen) atoms. The fraction of sp³-hybridized carbons (Fsp3) is 0.588. The molecule has 142 valence electrons. The molecule has 0 aromatic carbocycles. The SMILES string of the molecule is CC(CC(=O)NCCC(=O)Nc1ccncc1)C1CCCNC1.Cl.Cl. The van der Waals surface area contributed by atoms with Crippen LogP contribution in [0.2, 0.25) is 0 Å². The van der Waals surface area contributed by atoms with E-state index < -0.39 is 0 Å². The number of aromatic nitrogens is 1. The maximum Gasteiger partial charge on any atom is 0.226 e. The van der Waals surface area contributed by atoms with Crippen molar-refractivity contribution in [3.63, 3.8) is 0 Å². The summed E-state index contributed by atoms with van der Waals surface area (Å²) in [7, 11) is 0. The number of carbonyl (C=O) groups excluding carboxylic acids is 2. The van der Waals surface area contributed by atoms with Crippen molar-refractivity contribution < 1.29 is 9.59 Å². The van der Waals surface area contributed by atoms with Crippen LogP contribution in [-0.4, -0.2) is 36.4 Å². The fourth-order valence-corrected chi connectivity index (χ4v) is 2.87. The first-order valence-electron chi connectivity index (χ1n) is 8.32. The largest absolute Gasteiger partial charge is 0.356 e. The van der Waals surface area contributed by atoms with Crippen molar-refractivity contribution in [2.24, 2.45) is 11.8 Å². The van der Waals surface area contributed by atoms with Gasteiger partial charge in [0, 0.05) is 37.5 Å². The van der Waals surface area contributed by atoms with E-state index in [1.807, 2.05) is 0 Å². The molecule has 0 saturated carbocycles. The predicted molar refractivity (Wildman–Crippen MR) is 104 cm³/mol. The van der Waals surface area contributed by atoms with E-state index in [-0.39, 0.29) is 43.0 Å². The van der Waals surface area contributed by atoms with Gasteiger partial charge in [-0.15, -0.1) is 24.8 Å². The summed E-state index contributed by atoms with van der Waals surface area (Å²) in [6.07, 6.45) is 6.42. The minimum Gasteiger partial charge on any atom is -0.356 e. The van der Waals surface area contributed by atoms with Crippen molar-refractivity contribution in [3.8, 4) is 0 Å². The molecule has 3 N–H and O–H groups in total. The van der Waals surface area contributed by atoms with E-state index in [4.69, 9.17) is 0 Å². The average Bonchev–Trinajstić information content (AvgIpc) is 2.56. The Morgan fingerprint density at radius 3 is 2.64 bits per heavy atom. The van der Waals surface area contributed by atoms with Crippen LogP contribution in [0, 0.1) is 11.8 Å². The van der Waals surface area contributed by atoms with Crippen LogP contribution >= 0.6 is 24.8 Å². The molecule has 1 aliphatic heterocycles. The second-order valence-corrected chi connectivity index (χ2v) is 6.17. The number of pyridine rings is 1. The number of hydrogen-bond acceptors (Lipinski definition) is 4. The zero-order valence-electron chi connectivity index (χ0n) is 14.5. The van der Waals surface area contributed by atoms with Crippen LogP contribution in [0.25, 0.3) is 0 Å². The van der Waals surface area contributed by atoms with Gasteiger partial charge >= 0.3 is 0 Å².